The maximum absolute atomic E-state index is 11.9. The number of carbonyl (C=O) groups excluding carboxylic acids is 1. The van der Waals surface area contributed by atoms with E-state index in [1.54, 1.807) is 19.3 Å². The number of esters is 1. The van der Waals surface area contributed by atoms with Gasteiger partial charge in [-0.1, -0.05) is 12.1 Å². The summed E-state index contributed by atoms with van der Waals surface area (Å²) in [4.78, 5) is 19.1. The highest BCUT2D eigenvalue weighted by Gasteiger charge is 2.15. The lowest BCUT2D eigenvalue weighted by molar-refractivity contribution is 0.0521. The average Bonchev–Trinajstić information content (AvgIpc) is 2.96. The van der Waals surface area contributed by atoms with Crippen molar-refractivity contribution in [1.82, 2.24) is 9.97 Å². The van der Waals surface area contributed by atoms with E-state index in [-0.39, 0.29) is 5.97 Å². The first kappa shape index (κ1) is 12.4. The largest absolute Gasteiger partial charge is 0.461 e. The molecule has 0 atom stereocenters. The van der Waals surface area contributed by atoms with E-state index < -0.39 is 0 Å². The molecule has 0 aliphatic carbocycles. The van der Waals surface area contributed by atoms with Gasteiger partial charge in [-0.25, -0.2) is 4.79 Å². The summed E-state index contributed by atoms with van der Waals surface area (Å²) >= 11 is 0. The normalized spacial score (nSPS) is 10.7. The second kappa shape index (κ2) is 5.17. The zero-order valence-electron chi connectivity index (χ0n) is 11.1. The summed E-state index contributed by atoms with van der Waals surface area (Å²) in [6, 6.07) is 11.7. The lowest BCUT2D eigenvalue weighted by atomic mass is 10.0. The fourth-order valence-electron chi connectivity index (χ4n) is 2.23. The van der Waals surface area contributed by atoms with E-state index in [1.165, 1.54) is 0 Å². The summed E-state index contributed by atoms with van der Waals surface area (Å²) in [5.41, 5.74) is 3.23. The number of rotatable bonds is 3. The number of hydrogen-bond donors (Lipinski definition) is 1. The van der Waals surface area contributed by atoms with Crippen LogP contribution in [0.2, 0.25) is 0 Å². The third kappa shape index (κ3) is 2.16. The number of nitrogens with one attached hydrogen (secondary N) is 1. The Morgan fingerprint density at radius 1 is 1.30 bits per heavy atom. The van der Waals surface area contributed by atoms with Gasteiger partial charge in [0.2, 0.25) is 0 Å². The molecule has 1 N–H and O–H groups in total. The van der Waals surface area contributed by atoms with Crippen LogP contribution in [0.15, 0.2) is 48.8 Å². The molecule has 4 nitrogen and oxygen atoms in total. The lowest BCUT2D eigenvalue weighted by Gasteiger charge is -2.05. The Kier molecular flexibility index (Phi) is 3.21. The first-order valence-corrected chi connectivity index (χ1v) is 6.49. The second-order valence-corrected chi connectivity index (χ2v) is 4.40. The summed E-state index contributed by atoms with van der Waals surface area (Å²) in [6.07, 6.45) is 3.51. The van der Waals surface area contributed by atoms with Crippen LogP contribution in [0.3, 0.4) is 0 Å². The van der Waals surface area contributed by atoms with Gasteiger partial charge < -0.3 is 9.72 Å². The van der Waals surface area contributed by atoms with Gasteiger partial charge in [0.1, 0.15) is 5.69 Å². The Morgan fingerprint density at radius 3 is 3.05 bits per heavy atom. The van der Waals surface area contributed by atoms with Gasteiger partial charge in [0.25, 0.3) is 0 Å². The summed E-state index contributed by atoms with van der Waals surface area (Å²) in [6.45, 7) is 2.15. The fourth-order valence-corrected chi connectivity index (χ4v) is 2.23. The molecule has 100 valence electrons. The van der Waals surface area contributed by atoms with Crippen LogP contribution in [-0.2, 0) is 4.74 Å². The molecule has 1 aromatic carbocycles. The van der Waals surface area contributed by atoms with Crippen molar-refractivity contribution in [3.63, 3.8) is 0 Å². The van der Waals surface area contributed by atoms with Gasteiger partial charge in [0.05, 0.1) is 12.1 Å². The fraction of sp³-hybridized carbons (Fsp3) is 0.125. The van der Waals surface area contributed by atoms with E-state index in [4.69, 9.17) is 4.74 Å². The third-order valence-electron chi connectivity index (χ3n) is 3.14. The third-order valence-corrected chi connectivity index (χ3v) is 3.14. The van der Waals surface area contributed by atoms with Crippen LogP contribution in [0.25, 0.3) is 22.0 Å². The van der Waals surface area contributed by atoms with Crippen LogP contribution < -0.4 is 0 Å². The van der Waals surface area contributed by atoms with E-state index in [2.05, 4.69) is 9.97 Å². The minimum Gasteiger partial charge on any atom is -0.461 e. The number of ether oxygens (including phenoxy) is 1. The van der Waals surface area contributed by atoms with Crippen molar-refractivity contribution >= 4 is 16.9 Å². The molecule has 4 heteroatoms. The molecule has 0 saturated heterocycles. The van der Waals surface area contributed by atoms with E-state index in [1.807, 2.05) is 36.4 Å². The number of carbonyl (C=O) groups is 1. The molecular weight excluding hydrogens is 252 g/mol. The molecule has 0 saturated carbocycles. The van der Waals surface area contributed by atoms with Gasteiger partial charge in [-0.3, -0.25) is 4.98 Å². The van der Waals surface area contributed by atoms with E-state index in [9.17, 15) is 4.79 Å². The van der Waals surface area contributed by atoms with Gasteiger partial charge in [-0.15, -0.1) is 0 Å². The number of aromatic nitrogens is 2. The molecule has 0 radical (unpaired) electrons. The van der Waals surface area contributed by atoms with Gasteiger partial charge in [0, 0.05) is 23.3 Å². The molecular formula is C16H14N2O2. The van der Waals surface area contributed by atoms with Gasteiger partial charge in [-0.2, -0.15) is 0 Å². The summed E-state index contributed by atoms with van der Waals surface area (Å²) in [5, 5.41) is 1.04. The van der Waals surface area contributed by atoms with Crippen LogP contribution in [0.5, 0.6) is 0 Å². The molecule has 0 aliphatic heterocycles. The monoisotopic (exact) mass is 266 g/mol. The van der Waals surface area contributed by atoms with E-state index >= 15 is 0 Å². The van der Waals surface area contributed by atoms with Crippen LogP contribution in [0.1, 0.15) is 17.4 Å². The number of aromatic amines is 1. The number of benzene rings is 1. The van der Waals surface area contributed by atoms with Crippen molar-refractivity contribution in [2.75, 3.05) is 6.61 Å². The molecule has 0 bridgehead atoms. The predicted molar refractivity (Wildman–Crippen MR) is 77.5 cm³/mol. The highest BCUT2D eigenvalue weighted by Crippen LogP contribution is 2.26. The van der Waals surface area contributed by atoms with Crippen LogP contribution in [0, 0.1) is 0 Å². The Hall–Kier alpha value is -2.62. The molecule has 2 heterocycles. The minimum absolute atomic E-state index is 0.334. The van der Waals surface area contributed by atoms with Gasteiger partial charge in [0.15, 0.2) is 0 Å². The highest BCUT2D eigenvalue weighted by molar-refractivity contribution is 5.97. The smallest absolute Gasteiger partial charge is 0.355 e. The molecule has 3 aromatic rings. The van der Waals surface area contributed by atoms with Crippen molar-refractivity contribution in [3.05, 3.63) is 54.5 Å². The van der Waals surface area contributed by atoms with Crippen LogP contribution in [-0.4, -0.2) is 22.5 Å². The summed E-state index contributed by atoms with van der Waals surface area (Å²) < 4.78 is 5.05. The predicted octanol–water partition coefficient (Wildman–Crippen LogP) is 3.41. The minimum atomic E-state index is -0.334. The van der Waals surface area contributed by atoms with Crippen molar-refractivity contribution in [2.24, 2.45) is 0 Å². The maximum atomic E-state index is 11.9. The molecule has 0 aliphatic rings. The number of fused-ring (bicyclic) bond motifs is 1. The second-order valence-electron chi connectivity index (χ2n) is 4.40. The average molecular weight is 266 g/mol. The molecule has 0 fully saturated rings. The molecule has 3 rings (SSSR count). The SMILES string of the molecule is CCOC(=O)c1[nH]ccc1-c1ccc2ncccc2c1. The Bertz CT molecular complexity index is 762. The van der Waals surface area contributed by atoms with Crippen molar-refractivity contribution in [3.8, 4) is 11.1 Å². The molecule has 0 spiro atoms. The van der Waals surface area contributed by atoms with Gasteiger partial charge >= 0.3 is 5.97 Å². The number of nitrogens with zero attached hydrogens (tertiary/aromatic N) is 1. The van der Waals surface area contributed by atoms with E-state index in [0.717, 1.165) is 22.0 Å². The van der Waals surface area contributed by atoms with Crippen molar-refractivity contribution in [2.45, 2.75) is 6.92 Å². The zero-order valence-corrected chi connectivity index (χ0v) is 11.1. The van der Waals surface area contributed by atoms with Crippen molar-refractivity contribution < 1.29 is 9.53 Å². The standard InChI is InChI=1S/C16H14N2O2/c1-2-20-16(19)15-13(7-9-18-15)11-5-6-14-12(10-11)4-3-8-17-14/h3-10,18H,2H2,1H3. The van der Waals surface area contributed by atoms with Crippen molar-refractivity contribution in [1.29, 1.82) is 0 Å². The first-order chi connectivity index (χ1) is 9.79. The Labute approximate surface area is 116 Å². The topological polar surface area (TPSA) is 55.0 Å². The molecule has 0 amide bonds. The lowest BCUT2D eigenvalue weighted by Crippen LogP contribution is -2.06. The van der Waals surface area contributed by atoms with Crippen LogP contribution >= 0.6 is 0 Å². The molecule has 0 unspecified atom stereocenters. The first-order valence-electron chi connectivity index (χ1n) is 6.49. The summed E-state index contributed by atoms with van der Waals surface area (Å²) in [7, 11) is 0. The molecule has 2 aromatic heterocycles. The highest BCUT2D eigenvalue weighted by atomic mass is 16.5. The Morgan fingerprint density at radius 2 is 2.20 bits per heavy atom. The van der Waals surface area contributed by atoms with E-state index in [0.29, 0.717) is 12.3 Å². The number of hydrogen-bond acceptors (Lipinski definition) is 3. The van der Waals surface area contributed by atoms with Crippen LogP contribution in [0.4, 0.5) is 0 Å². The van der Waals surface area contributed by atoms with Gasteiger partial charge in [-0.05, 0) is 36.8 Å². The summed E-state index contributed by atoms with van der Waals surface area (Å²) in [5.74, 6) is -0.334. The number of pyridine rings is 1. The quantitative estimate of drug-likeness (QED) is 0.739. The Balaban J connectivity index is 2.07. The molecule has 20 heavy (non-hydrogen) atoms. The maximum Gasteiger partial charge on any atom is 0.355 e. The zero-order chi connectivity index (χ0) is 13.9. The number of H-pyrrole nitrogens is 1.